The van der Waals surface area contributed by atoms with Crippen molar-refractivity contribution in [1.29, 1.82) is 0 Å². The number of aliphatic carboxylic acids is 1. The Labute approximate surface area is 94.9 Å². The Morgan fingerprint density at radius 1 is 1.19 bits per heavy atom. The SMILES string of the molecule is O=C(O)CCCNCc1ccc(CO)cc1. The predicted octanol–water partition coefficient (Wildman–Crippen LogP) is 1.13. The van der Waals surface area contributed by atoms with Gasteiger partial charge in [0.15, 0.2) is 0 Å². The number of carboxylic acid groups (broad SMARTS) is 1. The zero-order valence-electron chi connectivity index (χ0n) is 9.15. The first-order chi connectivity index (χ1) is 7.72. The maximum atomic E-state index is 10.3. The number of hydrogen-bond acceptors (Lipinski definition) is 3. The van der Waals surface area contributed by atoms with Gasteiger partial charge in [-0.15, -0.1) is 0 Å². The second-order valence-corrected chi connectivity index (χ2v) is 3.65. The third-order valence-corrected chi connectivity index (χ3v) is 2.28. The van der Waals surface area contributed by atoms with Crippen molar-refractivity contribution < 1.29 is 15.0 Å². The fourth-order valence-corrected chi connectivity index (χ4v) is 1.36. The number of carbonyl (C=O) groups is 1. The molecular formula is C12H17NO3. The van der Waals surface area contributed by atoms with Crippen LogP contribution < -0.4 is 5.32 Å². The summed E-state index contributed by atoms with van der Waals surface area (Å²) in [5.41, 5.74) is 2.03. The summed E-state index contributed by atoms with van der Waals surface area (Å²) in [4.78, 5) is 10.3. The molecule has 1 aromatic carbocycles. The van der Waals surface area contributed by atoms with Gasteiger partial charge in [-0.05, 0) is 24.1 Å². The van der Waals surface area contributed by atoms with E-state index in [2.05, 4.69) is 5.32 Å². The molecule has 0 amide bonds. The number of benzene rings is 1. The molecule has 0 saturated carbocycles. The molecule has 1 rings (SSSR count). The van der Waals surface area contributed by atoms with E-state index in [1.807, 2.05) is 24.3 Å². The number of carboxylic acids is 1. The van der Waals surface area contributed by atoms with Crippen molar-refractivity contribution >= 4 is 5.97 Å². The minimum Gasteiger partial charge on any atom is -0.481 e. The monoisotopic (exact) mass is 223 g/mol. The van der Waals surface area contributed by atoms with Gasteiger partial charge in [0.05, 0.1) is 6.61 Å². The van der Waals surface area contributed by atoms with E-state index < -0.39 is 5.97 Å². The number of hydrogen-bond donors (Lipinski definition) is 3. The van der Waals surface area contributed by atoms with Crippen molar-refractivity contribution in [2.75, 3.05) is 6.54 Å². The summed E-state index contributed by atoms with van der Waals surface area (Å²) in [7, 11) is 0. The molecule has 0 unspecified atom stereocenters. The Morgan fingerprint density at radius 2 is 1.81 bits per heavy atom. The summed E-state index contributed by atoms with van der Waals surface area (Å²) < 4.78 is 0. The van der Waals surface area contributed by atoms with Crippen molar-refractivity contribution in [3.8, 4) is 0 Å². The van der Waals surface area contributed by atoms with Crippen molar-refractivity contribution in [2.45, 2.75) is 26.0 Å². The first-order valence-electron chi connectivity index (χ1n) is 5.33. The Kier molecular flexibility index (Phi) is 5.53. The topological polar surface area (TPSA) is 69.6 Å². The molecule has 0 radical (unpaired) electrons. The molecule has 16 heavy (non-hydrogen) atoms. The second-order valence-electron chi connectivity index (χ2n) is 3.65. The van der Waals surface area contributed by atoms with Crippen LogP contribution in [0.25, 0.3) is 0 Å². The molecule has 0 saturated heterocycles. The molecule has 0 atom stereocenters. The lowest BCUT2D eigenvalue weighted by molar-refractivity contribution is -0.137. The summed E-state index contributed by atoms with van der Waals surface area (Å²) in [6.07, 6.45) is 0.848. The maximum absolute atomic E-state index is 10.3. The highest BCUT2D eigenvalue weighted by atomic mass is 16.4. The summed E-state index contributed by atoms with van der Waals surface area (Å²) in [6, 6.07) is 7.67. The van der Waals surface area contributed by atoms with Crippen LogP contribution in [-0.4, -0.2) is 22.7 Å². The van der Waals surface area contributed by atoms with Crippen molar-refractivity contribution in [3.63, 3.8) is 0 Å². The molecule has 0 aliphatic rings. The van der Waals surface area contributed by atoms with Gasteiger partial charge < -0.3 is 15.5 Å². The summed E-state index contributed by atoms with van der Waals surface area (Å²) in [5.74, 6) is -0.755. The molecule has 0 aromatic heterocycles. The van der Waals surface area contributed by atoms with Crippen molar-refractivity contribution in [3.05, 3.63) is 35.4 Å². The van der Waals surface area contributed by atoms with Crippen LogP contribution in [0, 0.1) is 0 Å². The van der Waals surface area contributed by atoms with Crippen LogP contribution in [0.15, 0.2) is 24.3 Å². The maximum Gasteiger partial charge on any atom is 0.303 e. The molecule has 0 fully saturated rings. The molecule has 0 heterocycles. The van der Waals surface area contributed by atoms with Gasteiger partial charge in [-0.25, -0.2) is 0 Å². The van der Waals surface area contributed by atoms with Gasteiger partial charge in [0.2, 0.25) is 0 Å². The highest BCUT2D eigenvalue weighted by molar-refractivity contribution is 5.66. The number of nitrogens with one attached hydrogen (secondary N) is 1. The van der Waals surface area contributed by atoms with Crippen LogP contribution >= 0.6 is 0 Å². The van der Waals surface area contributed by atoms with Crippen molar-refractivity contribution in [1.82, 2.24) is 5.32 Å². The molecule has 0 aliphatic heterocycles. The lowest BCUT2D eigenvalue weighted by Gasteiger charge is -2.04. The van der Waals surface area contributed by atoms with E-state index in [9.17, 15) is 4.79 Å². The van der Waals surface area contributed by atoms with Crippen LogP contribution in [0.1, 0.15) is 24.0 Å². The molecule has 4 nitrogen and oxygen atoms in total. The fraction of sp³-hybridized carbons (Fsp3) is 0.417. The minimum absolute atomic E-state index is 0.0618. The smallest absolute Gasteiger partial charge is 0.303 e. The Balaban J connectivity index is 2.19. The third kappa shape index (κ3) is 4.91. The average Bonchev–Trinajstić information content (AvgIpc) is 2.29. The molecule has 1 aromatic rings. The van der Waals surface area contributed by atoms with Crippen LogP contribution in [0.3, 0.4) is 0 Å². The second kappa shape index (κ2) is 6.98. The first kappa shape index (κ1) is 12.7. The first-order valence-corrected chi connectivity index (χ1v) is 5.33. The van der Waals surface area contributed by atoms with Crippen LogP contribution in [-0.2, 0) is 17.9 Å². The summed E-state index contributed by atoms with van der Waals surface area (Å²) in [5, 5.41) is 20.5. The highest BCUT2D eigenvalue weighted by Gasteiger charge is 1.96. The summed E-state index contributed by atoms with van der Waals surface area (Å²) >= 11 is 0. The fourth-order valence-electron chi connectivity index (χ4n) is 1.36. The number of aliphatic hydroxyl groups excluding tert-OH is 1. The van der Waals surface area contributed by atoms with Crippen LogP contribution in [0.2, 0.25) is 0 Å². The zero-order valence-corrected chi connectivity index (χ0v) is 9.15. The molecule has 3 N–H and O–H groups in total. The Hall–Kier alpha value is -1.39. The van der Waals surface area contributed by atoms with E-state index in [1.54, 1.807) is 0 Å². The molecule has 0 aliphatic carbocycles. The van der Waals surface area contributed by atoms with Gasteiger partial charge in [0, 0.05) is 13.0 Å². The summed E-state index contributed by atoms with van der Waals surface area (Å²) in [6.45, 7) is 1.49. The Morgan fingerprint density at radius 3 is 2.38 bits per heavy atom. The lowest BCUT2D eigenvalue weighted by atomic mass is 10.1. The molecule has 0 spiro atoms. The van der Waals surface area contributed by atoms with E-state index >= 15 is 0 Å². The van der Waals surface area contributed by atoms with Crippen LogP contribution in [0.4, 0.5) is 0 Å². The molecule has 4 heteroatoms. The van der Waals surface area contributed by atoms with Gasteiger partial charge in [-0.3, -0.25) is 4.79 Å². The van der Waals surface area contributed by atoms with E-state index in [4.69, 9.17) is 10.2 Å². The number of aliphatic hydroxyl groups is 1. The molecule has 0 bridgehead atoms. The number of rotatable bonds is 7. The predicted molar refractivity (Wildman–Crippen MR) is 60.9 cm³/mol. The minimum atomic E-state index is -0.755. The van der Waals surface area contributed by atoms with Gasteiger partial charge in [0.25, 0.3) is 0 Å². The Bertz CT molecular complexity index is 322. The normalized spacial score (nSPS) is 10.3. The standard InChI is InChI=1S/C12H17NO3/c14-9-11-5-3-10(4-6-11)8-13-7-1-2-12(15)16/h3-6,13-14H,1-2,7-9H2,(H,15,16). The largest absolute Gasteiger partial charge is 0.481 e. The van der Waals surface area contributed by atoms with Crippen LogP contribution in [0.5, 0.6) is 0 Å². The average molecular weight is 223 g/mol. The van der Waals surface area contributed by atoms with E-state index in [-0.39, 0.29) is 13.0 Å². The zero-order chi connectivity index (χ0) is 11.8. The van der Waals surface area contributed by atoms with Gasteiger partial charge in [-0.1, -0.05) is 24.3 Å². The quantitative estimate of drug-likeness (QED) is 0.606. The third-order valence-electron chi connectivity index (χ3n) is 2.28. The van der Waals surface area contributed by atoms with Gasteiger partial charge in [-0.2, -0.15) is 0 Å². The van der Waals surface area contributed by atoms with E-state index in [0.29, 0.717) is 13.0 Å². The van der Waals surface area contributed by atoms with Gasteiger partial charge >= 0.3 is 5.97 Å². The van der Waals surface area contributed by atoms with E-state index in [1.165, 1.54) is 0 Å². The van der Waals surface area contributed by atoms with Crippen molar-refractivity contribution in [2.24, 2.45) is 0 Å². The van der Waals surface area contributed by atoms with E-state index in [0.717, 1.165) is 17.7 Å². The van der Waals surface area contributed by atoms with Gasteiger partial charge in [0.1, 0.15) is 0 Å². The highest BCUT2D eigenvalue weighted by Crippen LogP contribution is 2.03. The lowest BCUT2D eigenvalue weighted by Crippen LogP contribution is -2.15. The molecule has 88 valence electrons. The molecular weight excluding hydrogens is 206 g/mol.